The van der Waals surface area contributed by atoms with Gasteiger partial charge in [-0.3, -0.25) is 9.59 Å². The molecule has 3 heteroatoms. The fraction of sp³-hybridized carbons (Fsp3) is 0.579. The molecule has 0 aromatic heterocycles. The second-order valence-electron chi connectivity index (χ2n) is 7.58. The molecule has 0 radical (unpaired) electrons. The zero-order chi connectivity index (χ0) is 15.5. The van der Waals surface area contributed by atoms with Crippen LogP contribution < -0.4 is 0 Å². The van der Waals surface area contributed by atoms with E-state index < -0.39 is 5.41 Å². The topological polar surface area (TPSA) is 54.4 Å². The normalized spacial score (nSPS) is 46.1. The molecule has 0 aromatic carbocycles. The van der Waals surface area contributed by atoms with Crippen LogP contribution in [0, 0.1) is 28.6 Å². The Morgan fingerprint density at radius 2 is 2.05 bits per heavy atom. The van der Waals surface area contributed by atoms with Crippen molar-refractivity contribution in [3.05, 3.63) is 36.0 Å². The van der Waals surface area contributed by atoms with Gasteiger partial charge in [-0.1, -0.05) is 25.2 Å². The third kappa shape index (κ3) is 1.60. The minimum Gasteiger partial charge on any atom is -0.395 e. The first-order valence-electron chi connectivity index (χ1n) is 8.29. The smallest absolute Gasteiger partial charge is 0.178 e. The van der Waals surface area contributed by atoms with Gasteiger partial charge < -0.3 is 5.11 Å². The summed E-state index contributed by atoms with van der Waals surface area (Å²) >= 11 is 0. The van der Waals surface area contributed by atoms with E-state index in [4.69, 9.17) is 0 Å². The maximum Gasteiger partial charge on any atom is 0.178 e. The monoisotopic (exact) mass is 298 g/mol. The van der Waals surface area contributed by atoms with Crippen molar-refractivity contribution in [3.8, 4) is 0 Å². The highest BCUT2D eigenvalue weighted by Gasteiger charge is 2.59. The first-order chi connectivity index (χ1) is 10.5. The van der Waals surface area contributed by atoms with Gasteiger partial charge in [0.25, 0.3) is 0 Å². The summed E-state index contributed by atoms with van der Waals surface area (Å²) in [6.07, 6.45) is 13.0. The maximum absolute atomic E-state index is 12.4. The molecule has 116 valence electrons. The summed E-state index contributed by atoms with van der Waals surface area (Å²) in [7, 11) is 0. The lowest BCUT2D eigenvalue weighted by molar-refractivity contribution is -0.135. The Hall–Kier alpha value is -1.48. The molecule has 0 unspecified atom stereocenters. The van der Waals surface area contributed by atoms with Crippen LogP contribution in [0.2, 0.25) is 0 Å². The number of fused-ring (bicyclic) bond motifs is 5. The third-order valence-corrected chi connectivity index (χ3v) is 6.84. The fourth-order valence-electron chi connectivity index (χ4n) is 5.53. The highest BCUT2D eigenvalue weighted by atomic mass is 16.3. The largest absolute Gasteiger partial charge is 0.395 e. The minimum absolute atomic E-state index is 0.0126. The van der Waals surface area contributed by atoms with Gasteiger partial charge in [-0.05, 0) is 54.7 Å². The average molecular weight is 298 g/mol. The Labute approximate surface area is 130 Å². The fourth-order valence-corrected chi connectivity index (χ4v) is 5.53. The molecule has 4 rings (SSSR count). The molecule has 0 bridgehead atoms. The zero-order valence-electron chi connectivity index (χ0n) is 12.9. The summed E-state index contributed by atoms with van der Waals surface area (Å²) in [6.45, 7) is 2.20. The van der Waals surface area contributed by atoms with Gasteiger partial charge >= 0.3 is 0 Å². The quantitative estimate of drug-likeness (QED) is 0.809. The molecular formula is C19H22O3. The van der Waals surface area contributed by atoms with Crippen molar-refractivity contribution >= 4 is 11.6 Å². The van der Waals surface area contributed by atoms with Crippen LogP contribution in [0.15, 0.2) is 36.0 Å². The Morgan fingerprint density at radius 3 is 2.82 bits per heavy atom. The van der Waals surface area contributed by atoms with E-state index in [9.17, 15) is 14.7 Å². The number of rotatable bonds is 1. The number of Topliss-reactive ketones (excluding diaryl/α,β-unsaturated/α-hetero) is 1. The van der Waals surface area contributed by atoms with E-state index in [-0.39, 0.29) is 29.5 Å². The molecule has 0 aliphatic heterocycles. The molecule has 4 aliphatic rings. The lowest BCUT2D eigenvalue weighted by atomic mass is 9.50. The molecule has 22 heavy (non-hydrogen) atoms. The first kappa shape index (κ1) is 14.1. The Kier molecular flexibility index (Phi) is 2.90. The molecule has 4 aliphatic carbocycles. The van der Waals surface area contributed by atoms with Crippen LogP contribution in [-0.2, 0) is 9.59 Å². The summed E-state index contributed by atoms with van der Waals surface area (Å²) in [5.74, 6) is 1.32. The summed E-state index contributed by atoms with van der Waals surface area (Å²) in [5, 5.41) is 9.93. The highest BCUT2D eigenvalue weighted by molar-refractivity contribution is 6.01. The van der Waals surface area contributed by atoms with Crippen LogP contribution >= 0.6 is 0 Å². The van der Waals surface area contributed by atoms with Gasteiger partial charge in [-0.2, -0.15) is 0 Å². The maximum atomic E-state index is 12.4. The second kappa shape index (κ2) is 4.51. The summed E-state index contributed by atoms with van der Waals surface area (Å²) in [6, 6.07) is 0. The van der Waals surface area contributed by atoms with Crippen molar-refractivity contribution in [1.82, 2.24) is 0 Å². The van der Waals surface area contributed by atoms with Crippen LogP contribution in [0.3, 0.4) is 0 Å². The van der Waals surface area contributed by atoms with Crippen molar-refractivity contribution in [2.24, 2.45) is 28.6 Å². The van der Waals surface area contributed by atoms with Crippen LogP contribution in [-0.4, -0.2) is 23.3 Å². The predicted octanol–water partition coefficient (Wildman–Crippen LogP) is 2.61. The van der Waals surface area contributed by atoms with E-state index in [0.717, 1.165) is 24.8 Å². The van der Waals surface area contributed by atoms with Gasteiger partial charge in [0.2, 0.25) is 0 Å². The van der Waals surface area contributed by atoms with Gasteiger partial charge in [0.15, 0.2) is 5.78 Å². The van der Waals surface area contributed by atoms with Crippen LogP contribution in [0.25, 0.3) is 0 Å². The summed E-state index contributed by atoms with van der Waals surface area (Å²) in [5.41, 5.74) is 0.486. The van der Waals surface area contributed by atoms with Gasteiger partial charge in [-0.25, -0.2) is 0 Å². The highest BCUT2D eigenvalue weighted by Crippen LogP contribution is 2.61. The molecule has 0 spiro atoms. The van der Waals surface area contributed by atoms with Crippen molar-refractivity contribution in [3.63, 3.8) is 0 Å². The molecule has 3 nitrogen and oxygen atoms in total. The molecule has 5 atom stereocenters. The SMILES string of the molecule is C[C@]12C=CC(=O)C=C1C=C[C@H]1[C@@H]3CCC(=O)[C@@]3(CO)CC[C@@H]12. The second-order valence-corrected chi connectivity index (χ2v) is 7.58. The predicted molar refractivity (Wildman–Crippen MR) is 82.9 cm³/mol. The Balaban J connectivity index is 1.78. The number of carbonyl (C=O) groups is 2. The lowest BCUT2D eigenvalue weighted by Gasteiger charge is -2.53. The van der Waals surface area contributed by atoms with Crippen LogP contribution in [0.1, 0.15) is 32.6 Å². The van der Waals surface area contributed by atoms with Crippen LogP contribution in [0.4, 0.5) is 0 Å². The Bertz CT molecular complexity index is 641. The van der Waals surface area contributed by atoms with E-state index in [1.165, 1.54) is 0 Å². The molecule has 0 amide bonds. The number of ketones is 2. The van der Waals surface area contributed by atoms with E-state index in [2.05, 4.69) is 25.2 Å². The van der Waals surface area contributed by atoms with Gasteiger partial charge in [0.05, 0.1) is 12.0 Å². The van der Waals surface area contributed by atoms with Gasteiger partial charge in [-0.15, -0.1) is 0 Å². The van der Waals surface area contributed by atoms with Crippen molar-refractivity contribution < 1.29 is 14.7 Å². The number of aliphatic hydroxyl groups excluding tert-OH is 1. The molecule has 0 saturated heterocycles. The molecule has 0 aromatic rings. The standard InChI is InChI=1S/C19H22O3/c1-18-8-6-13(21)10-12(18)2-3-14-15(18)7-9-19(11-20)16(14)4-5-17(19)22/h2-3,6,8,10,14-16,20H,4-5,7,9,11H2,1H3/t14-,15+,16+,18+,19-/m1/s1. The third-order valence-electron chi connectivity index (χ3n) is 6.84. The first-order valence-corrected chi connectivity index (χ1v) is 8.29. The van der Waals surface area contributed by atoms with E-state index in [0.29, 0.717) is 18.3 Å². The van der Waals surface area contributed by atoms with Gasteiger partial charge in [0.1, 0.15) is 5.78 Å². The average Bonchev–Trinajstić information content (AvgIpc) is 2.86. The van der Waals surface area contributed by atoms with E-state index in [1.54, 1.807) is 12.2 Å². The molecule has 2 fully saturated rings. The van der Waals surface area contributed by atoms with Crippen molar-refractivity contribution in [2.75, 3.05) is 6.61 Å². The van der Waals surface area contributed by atoms with E-state index in [1.807, 2.05) is 0 Å². The van der Waals surface area contributed by atoms with Crippen molar-refractivity contribution in [2.45, 2.75) is 32.6 Å². The number of allylic oxidation sites excluding steroid dienone is 6. The number of aliphatic hydroxyl groups is 1. The number of carbonyl (C=O) groups excluding carboxylic acids is 2. The molecule has 1 N–H and O–H groups in total. The Morgan fingerprint density at radius 1 is 1.23 bits per heavy atom. The number of hydrogen-bond donors (Lipinski definition) is 1. The van der Waals surface area contributed by atoms with Gasteiger partial charge in [0, 0.05) is 11.8 Å². The van der Waals surface area contributed by atoms with Crippen LogP contribution in [0.5, 0.6) is 0 Å². The number of hydrogen-bond acceptors (Lipinski definition) is 3. The molecule has 2 saturated carbocycles. The molecular weight excluding hydrogens is 276 g/mol. The lowest BCUT2D eigenvalue weighted by Crippen LogP contribution is -2.50. The zero-order valence-corrected chi connectivity index (χ0v) is 12.9. The molecule has 0 heterocycles. The van der Waals surface area contributed by atoms with Crippen molar-refractivity contribution in [1.29, 1.82) is 0 Å². The minimum atomic E-state index is -0.503. The summed E-state index contributed by atoms with van der Waals surface area (Å²) in [4.78, 5) is 24.1. The summed E-state index contributed by atoms with van der Waals surface area (Å²) < 4.78 is 0. The van der Waals surface area contributed by atoms with E-state index >= 15 is 0 Å².